The Morgan fingerprint density at radius 2 is 2.15 bits per heavy atom. The highest BCUT2D eigenvalue weighted by molar-refractivity contribution is 7.71. The van der Waals surface area contributed by atoms with E-state index in [9.17, 15) is 4.79 Å². The highest BCUT2D eigenvalue weighted by atomic mass is 32.1. The van der Waals surface area contributed by atoms with Crippen LogP contribution in [0.1, 0.15) is 18.4 Å². The number of rotatable bonds is 5. The van der Waals surface area contributed by atoms with Crippen molar-refractivity contribution in [2.45, 2.75) is 19.8 Å². The zero-order valence-corrected chi connectivity index (χ0v) is 8.54. The fourth-order valence-electron chi connectivity index (χ4n) is 1.20. The van der Waals surface area contributed by atoms with Crippen molar-refractivity contribution in [1.82, 2.24) is 0 Å². The van der Waals surface area contributed by atoms with Crippen molar-refractivity contribution in [1.29, 1.82) is 0 Å². The number of anilines is 1. The predicted molar refractivity (Wildman–Crippen MR) is 57.4 cm³/mol. The van der Waals surface area contributed by atoms with Gasteiger partial charge in [0.05, 0.1) is 5.69 Å². The second-order valence-electron chi connectivity index (χ2n) is 3.08. The average molecular weight is 198 g/mol. The molecule has 1 rings (SSSR count). The summed E-state index contributed by atoms with van der Waals surface area (Å²) in [6, 6.07) is 0. The summed E-state index contributed by atoms with van der Waals surface area (Å²) in [5.41, 5.74) is 6.98. The summed E-state index contributed by atoms with van der Waals surface area (Å²) in [6.07, 6.45) is 2.02. The Morgan fingerprint density at radius 1 is 1.46 bits per heavy atom. The summed E-state index contributed by atoms with van der Waals surface area (Å²) < 4.78 is 0.449. The lowest BCUT2D eigenvalue weighted by atomic mass is 10.1. The molecular formula is C9H14N2OS. The van der Waals surface area contributed by atoms with Gasteiger partial charge in [-0.3, -0.25) is 4.79 Å². The van der Waals surface area contributed by atoms with Crippen LogP contribution in [0.5, 0.6) is 0 Å². The van der Waals surface area contributed by atoms with E-state index in [0.29, 0.717) is 11.1 Å². The predicted octanol–water partition coefficient (Wildman–Crippen LogP) is 1.11. The van der Waals surface area contributed by atoms with Crippen molar-refractivity contribution in [2.24, 2.45) is 5.73 Å². The Labute approximate surface area is 82.6 Å². The van der Waals surface area contributed by atoms with Crippen LogP contribution >= 0.6 is 12.2 Å². The van der Waals surface area contributed by atoms with E-state index in [1.807, 2.05) is 0 Å². The molecule has 72 valence electrons. The molecule has 0 saturated heterocycles. The maximum Gasteiger partial charge on any atom is 0.203 e. The van der Waals surface area contributed by atoms with Gasteiger partial charge >= 0.3 is 0 Å². The van der Waals surface area contributed by atoms with Gasteiger partial charge in [-0.2, -0.15) is 0 Å². The van der Waals surface area contributed by atoms with Crippen LogP contribution < -0.4 is 16.5 Å². The Hall–Kier alpha value is -0.740. The van der Waals surface area contributed by atoms with E-state index in [4.69, 9.17) is 18.0 Å². The van der Waals surface area contributed by atoms with E-state index < -0.39 is 0 Å². The van der Waals surface area contributed by atoms with Crippen molar-refractivity contribution in [2.75, 3.05) is 18.4 Å². The highest BCUT2D eigenvalue weighted by Gasteiger charge is 2.11. The Balaban J connectivity index is 2.39. The molecule has 1 aromatic carbocycles. The van der Waals surface area contributed by atoms with Crippen LogP contribution in [-0.4, -0.2) is 13.1 Å². The molecule has 0 heterocycles. The molecule has 0 aliphatic heterocycles. The molecule has 4 heteroatoms. The first-order chi connectivity index (χ1) is 6.18. The molecule has 3 N–H and O–H groups in total. The minimum absolute atomic E-state index is 0.0105. The van der Waals surface area contributed by atoms with E-state index in [1.165, 1.54) is 0 Å². The zero-order chi connectivity index (χ0) is 9.84. The van der Waals surface area contributed by atoms with Crippen molar-refractivity contribution in [3.63, 3.8) is 0 Å². The average Bonchev–Trinajstić information content (AvgIpc) is 2.16. The summed E-state index contributed by atoms with van der Waals surface area (Å²) in [4.78, 5) is 11.0. The first kappa shape index (κ1) is 10.3. The summed E-state index contributed by atoms with van der Waals surface area (Å²) >= 11 is 4.89. The van der Waals surface area contributed by atoms with Gasteiger partial charge in [0, 0.05) is 12.1 Å². The lowest BCUT2D eigenvalue weighted by Gasteiger charge is -2.10. The molecule has 0 atom stereocenters. The summed E-state index contributed by atoms with van der Waals surface area (Å²) in [5, 5.41) is 3.15. The highest BCUT2D eigenvalue weighted by Crippen LogP contribution is 2.15. The van der Waals surface area contributed by atoms with E-state index in [-0.39, 0.29) is 5.43 Å². The standard InChI is InChI=1S/C9H14N2OS/c1-6-7(9(13)8(6)12)11-5-3-2-4-10/h11H,2-5,10H2,1H3. The number of hydrogen-bond acceptors (Lipinski definition) is 4. The van der Waals surface area contributed by atoms with Crippen LogP contribution in [0.4, 0.5) is 5.69 Å². The van der Waals surface area contributed by atoms with Crippen LogP contribution in [0.3, 0.4) is 0 Å². The molecule has 0 spiro atoms. The van der Waals surface area contributed by atoms with Gasteiger partial charge in [-0.25, -0.2) is 0 Å². The Bertz CT molecular complexity index is 352. The molecule has 1 aromatic rings. The molecular weight excluding hydrogens is 184 g/mol. The van der Waals surface area contributed by atoms with Gasteiger partial charge < -0.3 is 11.1 Å². The smallest absolute Gasteiger partial charge is 0.203 e. The zero-order valence-electron chi connectivity index (χ0n) is 7.72. The summed E-state index contributed by atoms with van der Waals surface area (Å²) in [5.74, 6) is 0. The molecule has 0 aliphatic carbocycles. The van der Waals surface area contributed by atoms with E-state index in [0.717, 1.165) is 30.6 Å². The van der Waals surface area contributed by atoms with Crippen molar-refractivity contribution in [3.8, 4) is 0 Å². The third-order valence-corrected chi connectivity index (χ3v) is 2.47. The van der Waals surface area contributed by atoms with E-state index >= 15 is 0 Å². The van der Waals surface area contributed by atoms with Gasteiger partial charge in [-0.15, -0.1) is 0 Å². The van der Waals surface area contributed by atoms with Gasteiger partial charge in [0.25, 0.3) is 0 Å². The lowest BCUT2D eigenvalue weighted by Crippen LogP contribution is -2.19. The van der Waals surface area contributed by atoms with Crippen molar-refractivity contribution in [3.05, 3.63) is 20.3 Å². The second-order valence-corrected chi connectivity index (χ2v) is 3.49. The van der Waals surface area contributed by atoms with Gasteiger partial charge in [-0.1, -0.05) is 12.2 Å². The monoisotopic (exact) mass is 198 g/mol. The van der Waals surface area contributed by atoms with Crippen LogP contribution in [0.2, 0.25) is 0 Å². The molecule has 0 amide bonds. The van der Waals surface area contributed by atoms with E-state index in [1.54, 1.807) is 6.92 Å². The number of hydrogen-bond donors (Lipinski definition) is 2. The quantitative estimate of drug-likeness (QED) is 0.550. The van der Waals surface area contributed by atoms with Crippen LogP contribution in [0.15, 0.2) is 4.79 Å². The Morgan fingerprint density at radius 3 is 2.69 bits per heavy atom. The fourth-order valence-corrected chi connectivity index (χ4v) is 1.58. The third-order valence-electron chi connectivity index (χ3n) is 2.08. The number of nitrogens with one attached hydrogen (secondary N) is 1. The van der Waals surface area contributed by atoms with Crippen LogP contribution in [0, 0.1) is 11.4 Å². The molecule has 0 bridgehead atoms. The third kappa shape index (κ3) is 2.14. The molecule has 0 saturated carbocycles. The van der Waals surface area contributed by atoms with Crippen LogP contribution in [-0.2, 0) is 0 Å². The van der Waals surface area contributed by atoms with Gasteiger partial charge in [0.15, 0.2) is 0 Å². The Kier molecular flexibility index (Phi) is 3.57. The number of unbranched alkanes of at least 4 members (excludes halogenated alkanes) is 1. The van der Waals surface area contributed by atoms with Crippen molar-refractivity contribution < 1.29 is 0 Å². The minimum atomic E-state index is 0.0105. The summed E-state index contributed by atoms with van der Waals surface area (Å²) in [7, 11) is 0. The van der Waals surface area contributed by atoms with Gasteiger partial charge in [0.1, 0.15) is 4.51 Å². The molecule has 3 nitrogen and oxygen atoms in total. The van der Waals surface area contributed by atoms with Gasteiger partial charge in [0.2, 0.25) is 5.43 Å². The SMILES string of the molecule is Cc1c(NCCCCN)c(=S)c1=O. The summed E-state index contributed by atoms with van der Waals surface area (Å²) in [6.45, 7) is 3.35. The minimum Gasteiger partial charge on any atom is -0.383 e. The number of nitrogens with two attached hydrogens (primary N) is 1. The first-order valence-electron chi connectivity index (χ1n) is 4.42. The molecule has 0 aromatic heterocycles. The molecule has 13 heavy (non-hydrogen) atoms. The van der Waals surface area contributed by atoms with Crippen LogP contribution in [0.25, 0.3) is 0 Å². The topological polar surface area (TPSA) is 55.1 Å². The van der Waals surface area contributed by atoms with Crippen molar-refractivity contribution >= 4 is 17.9 Å². The largest absolute Gasteiger partial charge is 0.383 e. The molecule has 0 unspecified atom stereocenters. The fraction of sp³-hybridized carbons (Fsp3) is 0.556. The lowest BCUT2D eigenvalue weighted by molar-refractivity contribution is 0.773. The van der Waals surface area contributed by atoms with E-state index in [2.05, 4.69) is 5.32 Å². The molecule has 0 fully saturated rings. The molecule has 0 aliphatic rings. The molecule has 0 radical (unpaired) electrons. The van der Waals surface area contributed by atoms with Gasteiger partial charge in [-0.05, 0) is 26.3 Å². The first-order valence-corrected chi connectivity index (χ1v) is 4.83. The second kappa shape index (κ2) is 4.48. The maximum absolute atomic E-state index is 11.0. The maximum atomic E-state index is 11.0. The normalized spacial score (nSPS) is 10.6.